The average Bonchev–Trinajstić information content (AvgIpc) is 3.40. The first-order chi connectivity index (χ1) is 19.0. The molecule has 3 N–H and O–H groups in total. The van der Waals surface area contributed by atoms with Crippen molar-refractivity contribution in [3.05, 3.63) is 69.5 Å². The van der Waals surface area contributed by atoms with Gasteiger partial charge < -0.3 is 20.6 Å². The van der Waals surface area contributed by atoms with Crippen molar-refractivity contribution >= 4 is 35.1 Å². The minimum absolute atomic E-state index is 0.0383. The lowest BCUT2D eigenvalue weighted by molar-refractivity contribution is -0.192. The molecule has 40 heavy (non-hydrogen) atoms. The van der Waals surface area contributed by atoms with E-state index in [2.05, 4.69) is 15.5 Å². The van der Waals surface area contributed by atoms with E-state index in [1.807, 2.05) is 24.3 Å². The summed E-state index contributed by atoms with van der Waals surface area (Å²) in [6.45, 7) is 5.23. The normalized spacial score (nSPS) is 20.1. The molecule has 6 nitrogen and oxygen atoms in total. The summed E-state index contributed by atoms with van der Waals surface area (Å²) in [5.74, 6) is -2.28. The summed E-state index contributed by atoms with van der Waals surface area (Å²) >= 11 is 12.6. The number of nitrogens with zero attached hydrogens (tertiary/aromatic N) is 1. The van der Waals surface area contributed by atoms with E-state index in [9.17, 15) is 22.4 Å². The lowest BCUT2D eigenvalue weighted by Crippen LogP contribution is -2.38. The van der Waals surface area contributed by atoms with Gasteiger partial charge in [-0.25, -0.2) is 9.18 Å². The molecule has 2 aliphatic rings. The number of hydrogen-bond donors (Lipinski definition) is 3. The lowest BCUT2D eigenvalue weighted by Gasteiger charge is -2.32. The smallest absolute Gasteiger partial charge is 0.475 e. The number of hydrogen-bond acceptors (Lipinski definition) is 4. The number of alkyl halides is 3. The molecule has 2 aliphatic heterocycles. The highest BCUT2D eigenvalue weighted by atomic mass is 35.5. The van der Waals surface area contributed by atoms with E-state index in [1.165, 1.54) is 18.4 Å². The third-order valence-electron chi connectivity index (χ3n) is 7.27. The number of rotatable bonds is 8. The Hall–Kier alpha value is -2.40. The lowest BCUT2D eigenvalue weighted by atomic mass is 9.88. The number of aliphatic carboxylic acids is 1. The molecule has 2 atom stereocenters. The van der Waals surface area contributed by atoms with Gasteiger partial charge in [-0.05, 0) is 80.6 Å². The van der Waals surface area contributed by atoms with Crippen molar-refractivity contribution < 1.29 is 32.3 Å². The second kappa shape index (κ2) is 15.0. The van der Waals surface area contributed by atoms with Gasteiger partial charge in [0.05, 0.1) is 16.0 Å². The van der Waals surface area contributed by atoms with Crippen molar-refractivity contribution in [1.29, 1.82) is 0 Å². The van der Waals surface area contributed by atoms with Crippen LogP contribution in [0.1, 0.15) is 36.3 Å². The van der Waals surface area contributed by atoms with E-state index in [0.717, 1.165) is 44.6 Å². The maximum atomic E-state index is 13.1. The van der Waals surface area contributed by atoms with Gasteiger partial charge in [0.25, 0.3) is 0 Å². The molecule has 4 rings (SSSR count). The van der Waals surface area contributed by atoms with Gasteiger partial charge in [-0.15, -0.1) is 0 Å². The zero-order valence-corrected chi connectivity index (χ0v) is 23.3. The summed E-state index contributed by atoms with van der Waals surface area (Å²) in [6.07, 6.45) is -0.784. The van der Waals surface area contributed by atoms with Crippen LogP contribution in [0.5, 0.6) is 0 Å². The van der Waals surface area contributed by atoms with Crippen LogP contribution < -0.4 is 10.6 Å². The number of halogens is 6. The molecular formula is C28H33Cl2F4N3O3. The molecule has 0 aromatic heterocycles. The van der Waals surface area contributed by atoms with Crippen LogP contribution in [0.4, 0.5) is 17.6 Å². The monoisotopic (exact) mass is 605 g/mol. The third kappa shape index (κ3) is 9.61. The van der Waals surface area contributed by atoms with Gasteiger partial charge in [0.15, 0.2) is 0 Å². The molecule has 0 aliphatic carbocycles. The molecule has 0 bridgehead atoms. The maximum absolute atomic E-state index is 13.1. The molecule has 2 aromatic rings. The zero-order chi connectivity index (χ0) is 29.3. The van der Waals surface area contributed by atoms with Crippen molar-refractivity contribution in [2.24, 2.45) is 11.8 Å². The fourth-order valence-electron chi connectivity index (χ4n) is 5.10. The Morgan fingerprint density at radius 3 is 2.33 bits per heavy atom. The number of carbonyl (C=O) groups excluding carboxylic acids is 1. The van der Waals surface area contributed by atoms with E-state index < -0.39 is 12.1 Å². The van der Waals surface area contributed by atoms with Crippen LogP contribution in [0.15, 0.2) is 42.5 Å². The summed E-state index contributed by atoms with van der Waals surface area (Å²) < 4.78 is 44.8. The van der Waals surface area contributed by atoms with Crippen molar-refractivity contribution in [2.75, 3.05) is 39.3 Å². The second-order valence-electron chi connectivity index (χ2n) is 10.1. The highest BCUT2D eigenvalue weighted by Gasteiger charge is 2.38. The van der Waals surface area contributed by atoms with Gasteiger partial charge in [0.2, 0.25) is 5.91 Å². The van der Waals surface area contributed by atoms with Gasteiger partial charge in [-0.1, -0.05) is 47.5 Å². The standard InChI is InChI=1S/C26H32Cl2FN3O.C2HF3O2/c27-24-4-1-3-21(25(24)28)22-16-30-17-23(22)26(33)31-11-2-12-32-13-9-19(10-14-32)15-18-5-7-20(29)8-6-18;3-2(4,5)1(6)7/h1,3-8,19,22-23,30H,2,9-17H2,(H,31,33);(H,6,7). The van der Waals surface area contributed by atoms with Gasteiger partial charge in [-0.2, -0.15) is 13.2 Å². The molecule has 220 valence electrons. The Bertz CT molecular complexity index is 1130. The van der Waals surface area contributed by atoms with Crippen LogP contribution in [0.3, 0.4) is 0 Å². The first kappa shape index (κ1) is 32.1. The molecule has 0 saturated carbocycles. The molecule has 2 unspecified atom stereocenters. The first-order valence-electron chi connectivity index (χ1n) is 13.1. The topological polar surface area (TPSA) is 81.7 Å². The predicted octanol–water partition coefficient (Wildman–Crippen LogP) is 5.53. The quantitative estimate of drug-likeness (QED) is 0.272. The number of benzene rings is 2. The van der Waals surface area contributed by atoms with Crippen LogP contribution in [0, 0.1) is 17.7 Å². The van der Waals surface area contributed by atoms with E-state index in [-0.39, 0.29) is 23.6 Å². The summed E-state index contributed by atoms with van der Waals surface area (Å²) in [4.78, 5) is 24.2. The largest absolute Gasteiger partial charge is 0.490 e. The van der Waals surface area contributed by atoms with Crippen LogP contribution in [0.25, 0.3) is 0 Å². The average molecular weight is 606 g/mol. The molecule has 12 heteroatoms. The van der Waals surface area contributed by atoms with Crippen LogP contribution in [0.2, 0.25) is 10.0 Å². The Balaban J connectivity index is 0.000000559. The van der Waals surface area contributed by atoms with Crippen LogP contribution >= 0.6 is 23.2 Å². The second-order valence-corrected chi connectivity index (χ2v) is 10.9. The number of carboxylic acids is 1. The number of nitrogens with one attached hydrogen (secondary N) is 2. The maximum Gasteiger partial charge on any atom is 0.490 e. The van der Waals surface area contributed by atoms with Crippen LogP contribution in [-0.2, 0) is 16.0 Å². The van der Waals surface area contributed by atoms with Crippen molar-refractivity contribution in [1.82, 2.24) is 15.5 Å². The Labute approximate surface area is 241 Å². The van der Waals surface area contributed by atoms with Gasteiger partial charge in [-0.3, -0.25) is 4.79 Å². The molecule has 0 radical (unpaired) electrons. The number of amides is 1. The minimum atomic E-state index is -5.08. The SMILES string of the molecule is O=C(NCCCN1CCC(Cc2ccc(F)cc2)CC1)C1CNCC1c1cccc(Cl)c1Cl.O=C(O)C(F)(F)F. The molecule has 2 aromatic carbocycles. The number of carboxylic acid groups (broad SMARTS) is 1. The summed E-state index contributed by atoms with van der Waals surface area (Å²) in [6, 6.07) is 12.5. The Morgan fingerprint density at radius 2 is 1.70 bits per heavy atom. The number of piperidine rings is 1. The van der Waals surface area contributed by atoms with Gasteiger partial charge in [0, 0.05) is 25.6 Å². The highest BCUT2D eigenvalue weighted by Crippen LogP contribution is 2.36. The van der Waals surface area contributed by atoms with E-state index in [0.29, 0.717) is 29.1 Å². The third-order valence-corrected chi connectivity index (χ3v) is 8.10. The summed E-state index contributed by atoms with van der Waals surface area (Å²) in [5, 5.41) is 14.7. The molecule has 2 heterocycles. The Morgan fingerprint density at radius 1 is 1.05 bits per heavy atom. The molecule has 2 saturated heterocycles. The van der Waals surface area contributed by atoms with E-state index in [4.69, 9.17) is 33.1 Å². The highest BCUT2D eigenvalue weighted by molar-refractivity contribution is 6.42. The number of likely N-dealkylation sites (tertiary alicyclic amines) is 1. The molecular weight excluding hydrogens is 573 g/mol. The van der Waals surface area contributed by atoms with Gasteiger partial charge in [0.1, 0.15) is 5.82 Å². The van der Waals surface area contributed by atoms with E-state index >= 15 is 0 Å². The molecule has 1 amide bonds. The van der Waals surface area contributed by atoms with Crippen molar-refractivity contribution in [2.45, 2.75) is 37.8 Å². The summed E-state index contributed by atoms with van der Waals surface area (Å²) in [7, 11) is 0. The number of carbonyl (C=O) groups is 2. The molecule has 0 spiro atoms. The van der Waals surface area contributed by atoms with E-state index in [1.54, 1.807) is 18.2 Å². The van der Waals surface area contributed by atoms with Crippen LogP contribution in [-0.4, -0.2) is 67.3 Å². The fourth-order valence-corrected chi connectivity index (χ4v) is 5.55. The first-order valence-corrected chi connectivity index (χ1v) is 13.9. The zero-order valence-electron chi connectivity index (χ0n) is 21.8. The predicted molar refractivity (Wildman–Crippen MR) is 146 cm³/mol. The van der Waals surface area contributed by atoms with Crippen molar-refractivity contribution in [3.63, 3.8) is 0 Å². The fraction of sp³-hybridized carbons (Fsp3) is 0.500. The summed E-state index contributed by atoms with van der Waals surface area (Å²) in [5.41, 5.74) is 2.16. The Kier molecular flexibility index (Phi) is 12.0. The van der Waals surface area contributed by atoms with Gasteiger partial charge >= 0.3 is 12.1 Å². The molecule has 2 fully saturated rings. The minimum Gasteiger partial charge on any atom is -0.475 e. The van der Waals surface area contributed by atoms with Crippen molar-refractivity contribution in [3.8, 4) is 0 Å².